The quantitative estimate of drug-likeness (QED) is 0.785. The van der Waals surface area contributed by atoms with Gasteiger partial charge < -0.3 is 14.5 Å². The Labute approximate surface area is 148 Å². The number of carbonyl (C=O) groups is 1. The number of nitriles is 1. The van der Waals surface area contributed by atoms with Crippen LogP contribution in [0.15, 0.2) is 23.3 Å². The minimum absolute atomic E-state index is 0.0664. The molecule has 4 heterocycles. The predicted molar refractivity (Wildman–Crippen MR) is 90.2 cm³/mol. The second-order valence-corrected chi connectivity index (χ2v) is 6.85. The van der Waals surface area contributed by atoms with Crippen molar-refractivity contribution in [2.75, 3.05) is 37.7 Å². The normalized spacial score (nSPS) is 23.0. The van der Waals surface area contributed by atoms with Crippen molar-refractivity contribution >= 4 is 23.1 Å². The van der Waals surface area contributed by atoms with Gasteiger partial charge in [-0.1, -0.05) is 0 Å². The van der Waals surface area contributed by atoms with Gasteiger partial charge in [-0.2, -0.15) is 5.26 Å². The van der Waals surface area contributed by atoms with Crippen LogP contribution in [0, 0.1) is 17.2 Å². The van der Waals surface area contributed by atoms with Crippen LogP contribution in [0.3, 0.4) is 0 Å². The smallest absolute Gasteiger partial charge is 0.273 e. The molecule has 0 aromatic carbocycles. The molecule has 4 rings (SSSR count). The zero-order chi connectivity index (χ0) is 17.2. The van der Waals surface area contributed by atoms with Gasteiger partial charge in [0.05, 0.1) is 24.8 Å². The first-order valence-electron chi connectivity index (χ1n) is 7.99. The summed E-state index contributed by atoms with van der Waals surface area (Å²) in [4.78, 5) is 29.3. The number of thiazole rings is 1. The summed E-state index contributed by atoms with van der Waals surface area (Å²) >= 11 is 1.41. The lowest BCUT2D eigenvalue weighted by molar-refractivity contribution is 0.0607. The molecule has 0 unspecified atom stereocenters. The topological polar surface area (TPSA) is 95.2 Å². The fourth-order valence-corrected chi connectivity index (χ4v) is 3.90. The average molecular weight is 356 g/mol. The molecule has 128 valence electrons. The van der Waals surface area contributed by atoms with Crippen LogP contribution in [-0.2, 0) is 4.74 Å². The summed E-state index contributed by atoms with van der Waals surface area (Å²) in [6, 6.07) is 1.98. The summed E-state index contributed by atoms with van der Waals surface area (Å²) in [7, 11) is 0. The van der Waals surface area contributed by atoms with Gasteiger partial charge in [-0.3, -0.25) is 4.79 Å². The number of rotatable bonds is 2. The number of ether oxygens (including phenoxy) is 1. The van der Waals surface area contributed by atoms with Crippen LogP contribution in [-0.4, -0.2) is 64.6 Å². The van der Waals surface area contributed by atoms with Crippen LogP contribution < -0.4 is 4.90 Å². The molecule has 25 heavy (non-hydrogen) atoms. The van der Waals surface area contributed by atoms with E-state index in [0.717, 1.165) is 0 Å². The zero-order valence-electron chi connectivity index (χ0n) is 13.4. The Morgan fingerprint density at radius 1 is 1.24 bits per heavy atom. The van der Waals surface area contributed by atoms with Crippen molar-refractivity contribution in [3.05, 3.63) is 34.7 Å². The number of nitrogens with zero attached hydrogens (tertiary/aromatic N) is 6. The third kappa shape index (κ3) is 3.06. The maximum Gasteiger partial charge on any atom is 0.273 e. The van der Waals surface area contributed by atoms with Crippen molar-refractivity contribution in [2.45, 2.75) is 6.04 Å². The van der Waals surface area contributed by atoms with E-state index in [1.807, 2.05) is 4.90 Å². The van der Waals surface area contributed by atoms with E-state index in [4.69, 9.17) is 4.74 Å². The summed E-state index contributed by atoms with van der Waals surface area (Å²) in [5, 5.41) is 11.1. The summed E-state index contributed by atoms with van der Waals surface area (Å²) in [6.45, 7) is 2.88. The van der Waals surface area contributed by atoms with Gasteiger partial charge in [0.1, 0.15) is 11.8 Å². The fourth-order valence-electron chi connectivity index (χ4n) is 3.37. The molecule has 9 heteroatoms. The molecule has 2 aromatic rings. The van der Waals surface area contributed by atoms with Crippen LogP contribution in [0.5, 0.6) is 0 Å². The van der Waals surface area contributed by atoms with Crippen LogP contribution >= 0.6 is 11.3 Å². The molecule has 2 saturated heterocycles. The molecule has 0 N–H and O–H groups in total. The van der Waals surface area contributed by atoms with E-state index in [0.29, 0.717) is 50.1 Å². The highest BCUT2D eigenvalue weighted by Gasteiger charge is 2.37. The standard InChI is InChI=1S/C16H16N6O2S/c17-3-13-15(19-2-1-18-13)21-4-11-5-22(12(6-21)8-24-7-11)16(23)14-9-25-10-20-14/h1-2,9-12H,4-8H2/t11-,12-/m0/s1. The van der Waals surface area contributed by atoms with Crippen LogP contribution in [0.4, 0.5) is 5.82 Å². The van der Waals surface area contributed by atoms with E-state index >= 15 is 0 Å². The van der Waals surface area contributed by atoms with Crippen LogP contribution in [0.25, 0.3) is 0 Å². The van der Waals surface area contributed by atoms with Crippen molar-refractivity contribution < 1.29 is 9.53 Å². The molecule has 0 spiro atoms. The second-order valence-electron chi connectivity index (χ2n) is 6.13. The van der Waals surface area contributed by atoms with Gasteiger partial charge >= 0.3 is 0 Å². The molecule has 2 atom stereocenters. The highest BCUT2D eigenvalue weighted by molar-refractivity contribution is 7.07. The van der Waals surface area contributed by atoms with E-state index in [1.54, 1.807) is 17.1 Å². The summed E-state index contributed by atoms with van der Waals surface area (Å²) in [6.07, 6.45) is 3.10. The minimum atomic E-state index is -0.116. The SMILES string of the molecule is N#Cc1nccnc1N1C[C@@H]2COC[C@H](C1)N(C(=O)c1cscn1)C2. The zero-order valence-corrected chi connectivity index (χ0v) is 14.2. The van der Waals surface area contributed by atoms with Gasteiger partial charge in [-0.05, 0) is 0 Å². The first kappa shape index (κ1) is 15.9. The molecule has 2 aliphatic heterocycles. The molecular weight excluding hydrogens is 340 g/mol. The molecule has 2 aromatic heterocycles. The number of amides is 1. The van der Waals surface area contributed by atoms with E-state index in [9.17, 15) is 10.1 Å². The third-order valence-corrected chi connectivity index (χ3v) is 5.05. The monoisotopic (exact) mass is 356 g/mol. The molecular formula is C16H16N6O2S. The minimum Gasteiger partial charge on any atom is -0.379 e. The van der Waals surface area contributed by atoms with Gasteiger partial charge in [-0.15, -0.1) is 11.3 Å². The van der Waals surface area contributed by atoms with Crippen LogP contribution in [0.1, 0.15) is 16.2 Å². The van der Waals surface area contributed by atoms with Crippen molar-refractivity contribution in [1.29, 1.82) is 5.26 Å². The molecule has 1 amide bonds. The number of carbonyl (C=O) groups excluding carboxylic acids is 1. The van der Waals surface area contributed by atoms with Crippen molar-refractivity contribution in [1.82, 2.24) is 19.9 Å². The van der Waals surface area contributed by atoms with E-state index in [2.05, 4.69) is 25.9 Å². The highest BCUT2D eigenvalue weighted by Crippen LogP contribution is 2.25. The van der Waals surface area contributed by atoms with Crippen LogP contribution in [0.2, 0.25) is 0 Å². The molecule has 2 bridgehead atoms. The maximum absolute atomic E-state index is 12.8. The lowest BCUT2D eigenvalue weighted by Gasteiger charge is -2.31. The van der Waals surface area contributed by atoms with Gasteiger partial charge in [0, 0.05) is 43.3 Å². The number of aromatic nitrogens is 3. The highest BCUT2D eigenvalue weighted by atomic mass is 32.1. The maximum atomic E-state index is 12.8. The summed E-state index contributed by atoms with van der Waals surface area (Å²) in [5.74, 6) is 0.650. The lowest BCUT2D eigenvalue weighted by Crippen LogP contribution is -2.47. The Bertz CT molecular complexity index is 805. The Morgan fingerprint density at radius 3 is 2.92 bits per heavy atom. The Morgan fingerprint density at radius 2 is 2.12 bits per heavy atom. The molecule has 2 fully saturated rings. The second kappa shape index (κ2) is 6.74. The molecule has 8 nitrogen and oxygen atoms in total. The summed E-state index contributed by atoms with van der Waals surface area (Å²) < 4.78 is 5.76. The largest absolute Gasteiger partial charge is 0.379 e. The van der Waals surface area contributed by atoms with E-state index in [-0.39, 0.29) is 17.9 Å². The molecule has 0 radical (unpaired) electrons. The molecule has 0 saturated carbocycles. The van der Waals surface area contributed by atoms with E-state index < -0.39 is 0 Å². The number of hydrogen-bond donors (Lipinski definition) is 0. The number of anilines is 1. The number of hydrogen-bond acceptors (Lipinski definition) is 8. The Balaban J connectivity index is 1.64. The van der Waals surface area contributed by atoms with Crippen molar-refractivity contribution in [2.24, 2.45) is 5.92 Å². The third-order valence-electron chi connectivity index (χ3n) is 4.47. The van der Waals surface area contributed by atoms with Crippen molar-refractivity contribution in [3.63, 3.8) is 0 Å². The first-order chi connectivity index (χ1) is 12.3. The predicted octanol–water partition coefficient (Wildman–Crippen LogP) is 0.782. The van der Waals surface area contributed by atoms with Gasteiger partial charge in [0.2, 0.25) is 0 Å². The van der Waals surface area contributed by atoms with Gasteiger partial charge in [0.15, 0.2) is 11.5 Å². The summed E-state index contributed by atoms with van der Waals surface area (Å²) in [5.41, 5.74) is 2.45. The Hall–Kier alpha value is -2.57. The molecule has 0 aliphatic carbocycles. The number of fused-ring (bicyclic) bond motifs is 3. The van der Waals surface area contributed by atoms with Gasteiger partial charge in [-0.25, -0.2) is 15.0 Å². The molecule has 2 aliphatic rings. The average Bonchev–Trinajstić information content (AvgIpc) is 3.01. The van der Waals surface area contributed by atoms with Crippen molar-refractivity contribution in [3.8, 4) is 6.07 Å². The van der Waals surface area contributed by atoms with E-state index in [1.165, 1.54) is 17.5 Å². The first-order valence-corrected chi connectivity index (χ1v) is 8.93. The fraction of sp³-hybridized carbons (Fsp3) is 0.438. The lowest BCUT2D eigenvalue weighted by atomic mass is 10.1. The van der Waals surface area contributed by atoms with Gasteiger partial charge in [0.25, 0.3) is 5.91 Å². The Kier molecular flexibility index (Phi) is 4.29.